The summed E-state index contributed by atoms with van der Waals surface area (Å²) in [4.78, 5) is 16.4. The Bertz CT molecular complexity index is 517. The maximum absolute atomic E-state index is 13.0. The summed E-state index contributed by atoms with van der Waals surface area (Å²) in [5.41, 5.74) is 0.990. The number of hydrogen-bond acceptors (Lipinski definition) is 4. The zero-order valence-electron chi connectivity index (χ0n) is 13.3. The number of morpholine rings is 1. The molecule has 0 aliphatic carbocycles. The van der Waals surface area contributed by atoms with E-state index < -0.39 is 0 Å². The monoisotopic (exact) mass is 321 g/mol. The van der Waals surface area contributed by atoms with Gasteiger partial charge in [0.1, 0.15) is 5.82 Å². The zero-order valence-corrected chi connectivity index (χ0v) is 13.3. The Hall–Kier alpha value is -1.50. The van der Waals surface area contributed by atoms with Crippen molar-refractivity contribution in [1.29, 1.82) is 0 Å². The number of carbonyl (C=O) groups is 1. The van der Waals surface area contributed by atoms with Crippen LogP contribution in [0.3, 0.4) is 0 Å². The number of nitrogens with zero attached hydrogens (tertiary/aromatic N) is 2. The molecule has 5 nitrogen and oxygen atoms in total. The molecule has 1 atom stereocenters. The number of hydrogen-bond donors (Lipinski definition) is 1. The highest BCUT2D eigenvalue weighted by Crippen LogP contribution is 2.22. The topological polar surface area (TPSA) is 44.8 Å². The molecule has 0 aromatic heterocycles. The summed E-state index contributed by atoms with van der Waals surface area (Å²) in [6.07, 6.45) is 0.509. The predicted molar refractivity (Wildman–Crippen MR) is 85.6 cm³/mol. The largest absolute Gasteiger partial charge is 0.371 e. The summed E-state index contributed by atoms with van der Waals surface area (Å²) in [6, 6.07) is 6.47. The van der Waals surface area contributed by atoms with Gasteiger partial charge in [-0.3, -0.25) is 9.69 Å². The van der Waals surface area contributed by atoms with E-state index in [1.54, 1.807) is 12.1 Å². The van der Waals surface area contributed by atoms with Gasteiger partial charge in [0.25, 0.3) is 0 Å². The molecule has 6 heteroatoms. The summed E-state index contributed by atoms with van der Waals surface area (Å²) in [6.45, 7) is 6.37. The lowest BCUT2D eigenvalue weighted by molar-refractivity contribution is -0.132. The van der Waals surface area contributed by atoms with Crippen LogP contribution >= 0.6 is 0 Å². The van der Waals surface area contributed by atoms with Crippen molar-refractivity contribution in [3.8, 4) is 0 Å². The van der Waals surface area contributed by atoms with Crippen LogP contribution in [0.4, 0.5) is 4.39 Å². The van der Waals surface area contributed by atoms with Crippen LogP contribution in [0.25, 0.3) is 0 Å². The van der Waals surface area contributed by atoms with E-state index in [9.17, 15) is 9.18 Å². The minimum Gasteiger partial charge on any atom is -0.371 e. The van der Waals surface area contributed by atoms with Crippen molar-refractivity contribution in [2.45, 2.75) is 12.5 Å². The van der Waals surface area contributed by atoms with E-state index in [4.69, 9.17) is 4.74 Å². The highest BCUT2D eigenvalue weighted by atomic mass is 19.1. The Morgan fingerprint density at radius 3 is 2.70 bits per heavy atom. The minimum atomic E-state index is -0.233. The van der Waals surface area contributed by atoms with Crippen LogP contribution in [0.1, 0.15) is 18.1 Å². The first-order valence-corrected chi connectivity index (χ1v) is 8.30. The second-order valence-electron chi connectivity index (χ2n) is 6.09. The molecule has 2 aliphatic rings. The number of ether oxygens (including phenoxy) is 1. The third kappa shape index (κ3) is 4.50. The fourth-order valence-electron chi connectivity index (χ4n) is 3.11. The van der Waals surface area contributed by atoms with Crippen LogP contribution in [-0.2, 0) is 9.53 Å². The lowest BCUT2D eigenvalue weighted by Gasteiger charge is -2.34. The van der Waals surface area contributed by atoms with E-state index in [1.165, 1.54) is 12.1 Å². The normalized spacial score (nSPS) is 23.0. The quantitative estimate of drug-likeness (QED) is 0.899. The molecule has 1 N–H and O–H groups in total. The van der Waals surface area contributed by atoms with Crippen LogP contribution in [-0.4, -0.2) is 68.1 Å². The molecule has 23 heavy (non-hydrogen) atoms. The maximum atomic E-state index is 13.0. The van der Waals surface area contributed by atoms with Gasteiger partial charge in [-0.1, -0.05) is 12.1 Å². The van der Waals surface area contributed by atoms with Gasteiger partial charge in [-0.2, -0.15) is 0 Å². The van der Waals surface area contributed by atoms with Gasteiger partial charge >= 0.3 is 0 Å². The molecule has 126 valence electrons. The third-order valence-electron chi connectivity index (χ3n) is 4.50. The van der Waals surface area contributed by atoms with Crippen molar-refractivity contribution < 1.29 is 13.9 Å². The summed E-state index contributed by atoms with van der Waals surface area (Å²) < 4.78 is 18.8. The number of rotatable bonds is 4. The van der Waals surface area contributed by atoms with Crippen LogP contribution < -0.4 is 5.32 Å². The number of carbonyl (C=O) groups excluding carboxylic acids is 1. The van der Waals surface area contributed by atoms with Gasteiger partial charge in [0.15, 0.2) is 0 Å². The van der Waals surface area contributed by atoms with Crippen molar-refractivity contribution in [2.24, 2.45) is 0 Å². The van der Waals surface area contributed by atoms with Crippen molar-refractivity contribution in [3.05, 3.63) is 35.6 Å². The zero-order chi connectivity index (χ0) is 16.1. The third-order valence-corrected chi connectivity index (χ3v) is 4.50. The van der Waals surface area contributed by atoms with Gasteiger partial charge in [0, 0.05) is 52.2 Å². The SMILES string of the molecule is O=C(CCN1CCOC(c2ccc(F)cc2)C1)N1CCNCC1. The molecular formula is C17H24FN3O2. The average Bonchev–Trinajstić information content (AvgIpc) is 2.61. The van der Waals surface area contributed by atoms with Crippen LogP contribution in [0.2, 0.25) is 0 Å². The standard InChI is InChI=1S/C17H24FN3O2/c18-15-3-1-14(2-4-15)16-13-20(11-12-23-16)8-5-17(22)21-9-6-19-7-10-21/h1-4,16,19H,5-13H2. The molecule has 1 aromatic carbocycles. The minimum absolute atomic E-state index is 0.0429. The molecule has 2 heterocycles. The van der Waals surface area contributed by atoms with Crippen molar-refractivity contribution in [2.75, 3.05) is 52.4 Å². The lowest BCUT2D eigenvalue weighted by Crippen LogP contribution is -2.47. The number of piperazine rings is 1. The first-order valence-electron chi connectivity index (χ1n) is 8.30. The summed E-state index contributed by atoms with van der Waals surface area (Å²) in [7, 11) is 0. The molecule has 0 bridgehead atoms. The Morgan fingerprint density at radius 2 is 1.96 bits per heavy atom. The molecule has 0 radical (unpaired) electrons. The summed E-state index contributed by atoms with van der Waals surface area (Å²) in [5, 5.41) is 3.26. The van der Waals surface area contributed by atoms with E-state index in [-0.39, 0.29) is 17.8 Å². The van der Waals surface area contributed by atoms with E-state index in [1.807, 2.05) is 4.90 Å². The molecule has 1 aromatic rings. The van der Waals surface area contributed by atoms with Gasteiger partial charge in [0.05, 0.1) is 12.7 Å². The predicted octanol–water partition coefficient (Wildman–Crippen LogP) is 1.02. The fraction of sp³-hybridized carbons (Fsp3) is 0.588. The molecule has 1 unspecified atom stereocenters. The van der Waals surface area contributed by atoms with Crippen molar-refractivity contribution in [3.63, 3.8) is 0 Å². The van der Waals surface area contributed by atoms with Crippen LogP contribution in [0, 0.1) is 5.82 Å². The fourth-order valence-corrected chi connectivity index (χ4v) is 3.11. The van der Waals surface area contributed by atoms with Gasteiger partial charge in [0.2, 0.25) is 5.91 Å². The maximum Gasteiger partial charge on any atom is 0.223 e. The number of halogens is 1. The molecule has 1 amide bonds. The molecule has 2 fully saturated rings. The van der Waals surface area contributed by atoms with Gasteiger partial charge in [-0.25, -0.2) is 4.39 Å². The van der Waals surface area contributed by atoms with Crippen LogP contribution in [0.15, 0.2) is 24.3 Å². The molecular weight excluding hydrogens is 297 g/mol. The van der Waals surface area contributed by atoms with Crippen molar-refractivity contribution >= 4 is 5.91 Å². The lowest BCUT2D eigenvalue weighted by atomic mass is 10.1. The van der Waals surface area contributed by atoms with E-state index in [0.29, 0.717) is 13.0 Å². The first-order chi connectivity index (χ1) is 11.2. The van der Waals surface area contributed by atoms with Crippen molar-refractivity contribution in [1.82, 2.24) is 15.1 Å². The number of benzene rings is 1. The molecule has 2 aliphatic heterocycles. The highest BCUT2D eigenvalue weighted by Gasteiger charge is 2.23. The van der Waals surface area contributed by atoms with Gasteiger partial charge < -0.3 is 15.0 Å². The van der Waals surface area contributed by atoms with Gasteiger partial charge in [-0.15, -0.1) is 0 Å². The Kier molecular flexibility index (Phi) is 5.59. The second kappa shape index (κ2) is 7.86. The van der Waals surface area contributed by atoms with E-state index in [0.717, 1.165) is 51.4 Å². The van der Waals surface area contributed by atoms with Crippen LogP contribution in [0.5, 0.6) is 0 Å². The summed E-state index contributed by atoms with van der Waals surface area (Å²) in [5.74, 6) is -0.000595. The molecule has 0 saturated carbocycles. The second-order valence-corrected chi connectivity index (χ2v) is 6.09. The van der Waals surface area contributed by atoms with E-state index >= 15 is 0 Å². The average molecular weight is 321 g/mol. The summed E-state index contributed by atoms with van der Waals surface area (Å²) >= 11 is 0. The van der Waals surface area contributed by atoms with E-state index in [2.05, 4.69) is 10.2 Å². The first kappa shape index (κ1) is 16.4. The number of nitrogens with one attached hydrogen (secondary N) is 1. The van der Waals surface area contributed by atoms with Gasteiger partial charge in [-0.05, 0) is 17.7 Å². The highest BCUT2D eigenvalue weighted by molar-refractivity contribution is 5.76. The molecule has 0 spiro atoms. The molecule has 2 saturated heterocycles. The number of amides is 1. The Balaban J connectivity index is 1.48. The molecule has 3 rings (SSSR count). The Morgan fingerprint density at radius 1 is 1.22 bits per heavy atom. The smallest absolute Gasteiger partial charge is 0.223 e. The Labute approximate surface area is 136 Å².